The molecule has 1 heterocycles. The highest BCUT2D eigenvalue weighted by Crippen LogP contribution is 2.33. The molecule has 0 aromatic heterocycles. The van der Waals surface area contributed by atoms with Crippen LogP contribution in [0.1, 0.15) is 37.6 Å². The number of nitro groups is 1. The Labute approximate surface area is 123 Å². The SMILES string of the molecule is CCC1COC(C)CN1c1ccc(C(C)=O)cc1[N+](=O)[O-]. The third-order valence-electron chi connectivity index (χ3n) is 3.83. The quantitative estimate of drug-likeness (QED) is 0.484. The maximum absolute atomic E-state index is 11.4. The second-order valence-corrected chi connectivity index (χ2v) is 5.38. The highest BCUT2D eigenvalue weighted by molar-refractivity contribution is 5.95. The van der Waals surface area contributed by atoms with Crippen molar-refractivity contribution in [2.24, 2.45) is 0 Å². The largest absolute Gasteiger partial charge is 0.375 e. The second-order valence-electron chi connectivity index (χ2n) is 5.38. The van der Waals surface area contributed by atoms with E-state index in [2.05, 4.69) is 0 Å². The van der Waals surface area contributed by atoms with E-state index in [1.807, 2.05) is 18.7 Å². The van der Waals surface area contributed by atoms with Crippen LogP contribution in [0.2, 0.25) is 0 Å². The van der Waals surface area contributed by atoms with Crippen LogP contribution in [0, 0.1) is 10.1 Å². The number of benzene rings is 1. The topological polar surface area (TPSA) is 72.7 Å². The number of rotatable bonds is 4. The molecule has 0 bridgehead atoms. The lowest BCUT2D eigenvalue weighted by atomic mass is 10.1. The lowest BCUT2D eigenvalue weighted by Gasteiger charge is -2.39. The summed E-state index contributed by atoms with van der Waals surface area (Å²) in [6.45, 7) is 6.56. The van der Waals surface area contributed by atoms with Crippen LogP contribution in [0.3, 0.4) is 0 Å². The average molecular weight is 292 g/mol. The van der Waals surface area contributed by atoms with E-state index in [0.717, 1.165) is 6.42 Å². The maximum atomic E-state index is 11.4. The molecule has 0 amide bonds. The Hall–Kier alpha value is -1.95. The van der Waals surface area contributed by atoms with Gasteiger partial charge in [-0.3, -0.25) is 14.9 Å². The highest BCUT2D eigenvalue weighted by atomic mass is 16.6. The summed E-state index contributed by atoms with van der Waals surface area (Å²) < 4.78 is 5.63. The minimum absolute atomic E-state index is 0.0183. The molecular weight excluding hydrogens is 272 g/mol. The maximum Gasteiger partial charge on any atom is 0.293 e. The summed E-state index contributed by atoms with van der Waals surface area (Å²) in [6.07, 6.45) is 0.873. The molecule has 0 radical (unpaired) electrons. The van der Waals surface area contributed by atoms with Crippen molar-refractivity contribution in [3.8, 4) is 0 Å². The Morgan fingerprint density at radius 1 is 1.52 bits per heavy atom. The fourth-order valence-corrected chi connectivity index (χ4v) is 2.61. The molecule has 0 aliphatic carbocycles. The van der Waals surface area contributed by atoms with Gasteiger partial charge in [-0.2, -0.15) is 0 Å². The first-order valence-electron chi connectivity index (χ1n) is 7.11. The molecule has 0 N–H and O–H groups in total. The van der Waals surface area contributed by atoms with E-state index in [1.54, 1.807) is 12.1 Å². The molecule has 2 rings (SSSR count). The van der Waals surface area contributed by atoms with E-state index in [-0.39, 0.29) is 23.6 Å². The molecule has 0 saturated carbocycles. The van der Waals surface area contributed by atoms with Crippen molar-refractivity contribution in [3.63, 3.8) is 0 Å². The molecule has 1 fully saturated rings. The van der Waals surface area contributed by atoms with Crippen LogP contribution >= 0.6 is 0 Å². The predicted octanol–water partition coefficient (Wildman–Crippen LogP) is 2.80. The summed E-state index contributed by atoms with van der Waals surface area (Å²) in [5.41, 5.74) is 0.905. The van der Waals surface area contributed by atoms with Gasteiger partial charge >= 0.3 is 0 Å². The third kappa shape index (κ3) is 3.21. The van der Waals surface area contributed by atoms with Crippen LogP contribution in [0.4, 0.5) is 11.4 Å². The first-order chi connectivity index (χ1) is 9.93. The number of carbonyl (C=O) groups is 1. The molecule has 1 aliphatic heterocycles. The molecule has 1 aliphatic rings. The fraction of sp³-hybridized carbons (Fsp3) is 0.533. The first-order valence-corrected chi connectivity index (χ1v) is 7.11. The summed E-state index contributed by atoms with van der Waals surface area (Å²) >= 11 is 0. The van der Waals surface area contributed by atoms with Gasteiger partial charge in [0.2, 0.25) is 0 Å². The Kier molecular flexibility index (Phi) is 4.57. The van der Waals surface area contributed by atoms with Gasteiger partial charge in [-0.25, -0.2) is 0 Å². The van der Waals surface area contributed by atoms with E-state index < -0.39 is 4.92 Å². The summed E-state index contributed by atoms with van der Waals surface area (Å²) in [7, 11) is 0. The molecule has 1 saturated heterocycles. The second kappa shape index (κ2) is 6.22. The van der Waals surface area contributed by atoms with Gasteiger partial charge in [0.25, 0.3) is 5.69 Å². The van der Waals surface area contributed by atoms with Crippen molar-refractivity contribution in [3.05, 3.63) is 33.9 Å². The van der Waals surface area contributed by atoms with Crippen molar-refractivity contribution in [2.75, 3.05) is 18.1 Å². The van der Waals surface area contributed by atoms with Crippen LogP contribution < -0.4 is 4.90 Å². The van der Waals surface area contributed by atoms with Gasteiger partial charge in [0.05, 0.1) is 23.7 Å². The van der Waals surface area contributed by atoms with E-state index in [0.29, 0.717) is 24.4 Å². The molecule has 2 unspecified atom stereocenters. The summed E-state index contributed by atoms with van der Waals surface area (Å²) in [6, 6.07) is 4.81. The van der Waals surface area contributed by atoms with Crippen molar-refractivity contribution < 1.29 is 14.5 Å². The van der Waals surface area contributed by atoms with Crippen LogP contribution in [-0.2, 0) is 4.74 Å². The fourth-order valence-electron chi connectivity index (χ4n) is 2.61. The minimum atomic E-state index is -0.422. The van der Waals surface area contributed by atoms with Crippen molar-refractivity contribution in [2.45, 2.75) is 39.3 Å². The van der Waals surface area contributed by atoms with E-state index in [4.69, 9.17) is 4.74 Å². The summed E-state index contributed by atoms with van der Waals surface area (Å²) in [5, 5.41) is 11.4. The molecule has 1 aromatic carbocycles. The third-order valence-corrected chi connectivity index (χ3v) is 3.83. The standard InChI is InChI=1S/C15H20N2O4/c1-4-13-9-21-10(2)8-16(13)14-6-5-12(11(3)18)7-15(14)17(19)20/h5-7,10,13H,4,8-9H2,1-3H3. The number of nitrogens with zero attached hydrogens (tertiary/aromatic N) is 2. The Bertz CT molecular complexity index is 559. The monoisotopic (exact) mass is 292 g/mol. The number of carbonyl (C=O) groups excluding carboxylic acids is 1. The Balaban J connectivity index is 2.45. The van der Waals surface area contributed by atoms with Gasteiger partial charge in [0, 0.05) is 18.2 Å². The lowest BCUT2D eigenvalue weighted by molar-refractivity contribution is -0.384. The van der Waals surface area contributed by atoms with Gasteiger partial charge in [-0.05, 0) is 32.4 Å². The van der Waals surface area contributed by atoms with Gasteiger partial charge < -0.3 is 9.64 Å². The number of hydrogen-bond acceptors (Lipinski definition) is 5. The molecule has 2 atom stereocenters. The van der Waals surface area contributed by atoms with Crippen LogP contribution in [0.25, 0.3) is 0 Å². The van der Waals surface area contributed by atoms with Crippen molar-refractivity contribution in [1.29, 1.82) is 0 Å². The van der Waals surface area contributed by atoms with Gasteiger partial charge in [0.15, 0.2) is 5.78 Å². The molecule has 6 heteroatoms. The van der Waals surface area contributed by atoms with Gasteiger partial charge in [-0.15, -0.1) is 0 Å². The van der Waals surface area contributed by atoms with E-state index in [9.17, 15) is 14.9 Å². The molecular formula is C15H20N2O4. The molecule has 0 spiro atoms. The normalized spacial score (nSPS) is 22.1. The van der Waals surface area contributed by atoms with E-state index in [1.165, 1.54) is 13.0 Å². The molecule has 114 valence electrons. The zero-order valence-electron chi connectivity index (χ0n) is 12.5. The zero-order chi connectivity index (χ0) is 15.6. The Morgan fingerprint density at radius 2 is 2.24 bits per heavy atom. The van der Waals surface area contributed by atoms with Crippen LogP contribution in [-0.4, -0.2) is 36.0 Å². The van der Waals surface area contributed by atoms with Crippen LogP contribution in [0.5, 0.6) is 0 Å². The molecule has 6 nitrogen and oxygen atoms in total. The van der Waals surface area contributed by atoms with Crippen molar-refractivity contribution in [1.82, 2.24) is 0 Å². The number of ether oxygens (including phenoxy) is 1. The van der Waals surface area contributed by atoms with E-state index >= 15 is 0 Å². The van der Waals surface area contributed by atoms with Crippen molar-refractivity contribution >= 4 is 17.2 Å². The molecule has 21 heavy (non-hydrogen) atoms. The first kappa shape index (κ1) is 15.4. The number of Topliss-reactive ketones (excluding diaryl/α,β-unsaturated/α-hetero) is 1. The predicted molar refractivity (Wildman–Crippen MR) is 79.9 cm³/mol. The number of ketones is 1. The number of nitro benzene ring substituents is 1. The highest BCUT2D eigenvalue weighted by Gasteiger charge is 2.30. The number of anilines is 1. The molecule has 1 aromatic rings. The minimum Gasteiger partial charge on any atom is -0.375 e. The summed E-state index contributed by atoms with van der Waals surface area (Å²) in [5.74, 6) is -0.174. The van der Waals surface area contributed by atoms with Gasteiger partial charge in [-0.1, -0.05) is 6.92 Å². The smallest absolute Gasteiger partial charge is 0.293 e. The lowest BCUT2D eigenvalue weighted by Crippen LogP contribution is -2.48. The summed E-state index contributed by atoms with van der Waals surface area (Å²) in [4.78, 5) is 24.4. The van der Waals surface area contributed by atoms with Crippen LogP contribution in [0.15, 0.2) is 18.2 Å². The zero-order valence-corrected chi connectivity index (χ0v) is 12.5. The number of hydrogen-bond donors (Lipinski definition) is 0. The number of morpholine rings is 1. The van der Waals surface area contributed by atoms with Gasteiger partial charge in [0.1, 0.15) is 5.69 Å². The Morgan fingerprint density at radius 3 is 2.81 bits per heavy atom. The average Bonchev–Trinajstić information content (AvgIpc) is 2.46.